The number of carboxylic acids is 1. The Kier molecular flexibility index (Phi) is 4.83. The number of aliphatic carboxylic acids is 1. The van der Waals surface area contributed by atoms with Gasteiger partial charge in [-0.3, -0.25) is 14.4 Å². The molecule has 2 saturated heterocycles. The number of benzene rings is 1. The van der Waals surface area contributed by atoms with Gasteiger partial charge in [0.2, 0.25) is 5.91 Å². The van der Waals surface area contributed by atoms with Crippen molar-refractivity contribution in [2.75, 3.05) is 19.6 Å². The minimum absolute atomic E-state index is 0.0443. The molecule has 3 rings (SSSR count). The SMILES string of the molecule is O=C(O)Cc1ccc(C(=O)N2CCCC(N3CCCC3=O)C2)cc1. The average molecular weight is 330 g/mol. The molecule has 2 aliphatic rings. The summed E-state index contributed by atoms with van der Waals surface area (Å²) >= 11 is 0. The van der Waals surface area contributed by atoms with Gasteiger partial charge in [-0.1, -0.05) is 12.1 Å². The van der Waals surface area contributed by atoms with Gasteiger partial charge >= 0.3 is 5.97 Å². The molecule has 6 nitrogen and oxygen atoms in total. The summed E-state index contributed by atoms with van der Waals surface area (Å²) in [6.45, 7) is 2.09. The number of carbonyl (C=O) groups excluding carboxylic acids is 2. The number of amides is 2. The summed E-state index contributed by atoms with van der Waals surface area (Å²) in [6, 6.07) is 6.87. The van der Waals surface area contributed by atoms with Crippen molar-refractivity contribution in [1.82, 2.24) is 9.80 Å². The predicted octanol–water partition coefficient (Wildman–Crippen LogP) is 1.54. The van der Waals surface area contributed by atoms with E-state index in [1.807, 2.05) is 9.80 Å². The summed E-state index contributed by atoms with van der Waals surface area (Å²) in [7, 11) is 0. The van der Waals surface area contributed by atoms with Gasteiger partial charge in [-0.25, -0.2) is 0 Å². The van der Waals surface area contributed by atoms with Gasteiger partial charge in [0.1, 0.15) is 0 Å². The Morgan fingerprint density at radius 3 is 2.50 bits per heavy atom. The lowest BCUT2D eigenvalue weighted by atomic mass is 10.0. The first-order valence-electron chi connectivity index (χ1n) is 8.44. The highest BCUT2D eigenvalue weighted by Gasteiger charge is 2.32. The number of carbonyl (C=O) groups is 3. The molecule has 0 radical (unpaired) electrons. The molecule has 0 aromatic heterocycles. The first-order chi connectivity index (χ1) is 11.5. The van der Waals surface area contributed by atoms with Crippen molar-refractivity contribution in [1.29, 1.82) is 0 Å². The van der Waals surface area contributed by atoms with Crippen LogP contribution < -0.4 is 0 Å². The molecule has 6 heteroatoms. The lowest BCUT2D eigenvalue weighted by Gasteiger charge is -2.37. The Hall–Kier alpha value is -2.37. The second-order valence-electron chi connectivity index (χ2n) is 6.51. The molecule has 1 unspecified atom stereocenters. The minimum atomic E-state index is -0.886. The number of piperidine rings is 1. The van der Waals surface area contributed by atoms with E-state index in [0.29, 0.717) is 30.6 Å². The van der Waals surface area contributed by atoms with Crippen molar-refractivity contribution in [3.63, 3.8) is 0 Å². The van der Waals surface area contributed by atoms with Crippen molar-refractivity contribution in [2.45, 2.75) is 38.1 Å². The Bertz CT molecular complexity index is 641. The van der Waals surface area contributed by atoms with Crippen LogP contribution >= 0.6 is 0 Å². The van der Waals surface area contributed by atoms with Gasteiger partial charge in [0.25, 0.3) is 5.91 Å². The number of carboxylic acid groups (broad SMARTS) is 1. The monoisotopic (exact) mass is 330 g/mol. The number of likely N-dealkylation sites (tertiary alicyclic amines) is 2. The van der Waals surface area contributed by atoms with Gasteiger partial charge in [-0.05, 0) is 37.0 Å². The number of hydrogen-bond acceptors (Lipinski definition) is 3. The molecule has 0 bridgehead atoms. The molecule has 2 aliphatic heterocycles. The second-order valence-corrected chi connectivity index (χ2v) is 6.51. The van der Waals surface area contributed by atoms with E-state index in [-0.39, 0.29) is 24.3 Å². The fourth-order valence-electron chi connectivity index (χ4n) is 3.57. The smallest absolute Gasteiger partial charge is 0.307 e. The van der Waals surface area contributed by atoms with Crippen molar-refractivity contribution < 1.29 is 19.5 Å². The summed E-state index contributed by atoms with van der Waals surface area (Å²) in [5.41, 5.74) is 1.25. The largest absolute Gasteiger partial charge is 0.481 e. The Labute approximate surface area is 141 Å². The molecule has 1 aromatic carbocycles. The molecular weight excluding hydrogens is 308 g/mol. The molecule has 2 amide bonds. The lowest BCUT2D eigenvalue weighted by molar-refractivity contribution is -0.136. The van der Waals surface area contributed by atoms with Gasteiger partial charge in [-0.15, -0.1) is 0 Å². The van der Waals surface area contributed by atoms with Crippen LogP contribution in [0.15, 0.2) is 24.3 Å². The normalized spacial score (nSPS) is 21.2. The highest BCUT2D eigenvalue weighted by Crippen LogP contribution is 2.22. The summed E-state index contributed by atoms with van der Waals surface area (Å²) in [4.78, 5) is 39.1. The average Bonchev–Trinajstić information content (AvgIpc) is 3.00. The molecule has 128 valence electrons. The van der Waals surface area contributed by atoms with Crippen LogP contribution in [-0.4, -0.2) is 58.4 Å². The van der Waals surface area contributed by atoms with Crippen molar-refractivity contribution in [3.8, 4) is 0 Å². The van der Waals surface area contributed by atoms with Gasteiger partial charge in [0.15, 0.2) is 0 Å². The minimum Gasteiger partial charge on any atom is -0.481 e. The standard InChI is InChI=1S/C18H22N2O4/c21-16-4-2-10-20(16)15-3-1-9-19(12-15)18(24)14-7-5-13(6-8-14)11-17(22)23/h5-8,15H,1-4,9-12H2,(H,22,23). The summed E-state index contributed by atoms with van der Waals surface area (Å²) < 4.78 is 0. The highest BCUT2D eigenvalue weighted by molar-refractivity contribution is 5.94. The van der Waals surface area contributed by atoms with Crippen LogP contribution in [0.3, 0.4) is 0 Å². The maximum absolute atomic E-state index is 12.7. The maximum Gasteiger partial charge on any atom is 0.307 e. The third-order valence-electron chi connectivity index (χ3n) is 4.79. The highest BCUT2D eigenvalue weighted by atomic mass is 16.4. The van der Waals surface area contributed by atoms with Gasteiger partial charge in [0, 0.05) is 37.7 Å². The molecule has 1 N–H and O–H groups in total. The van der Waals surface area contributed by atoms with Crippen LogP contribution in [0.25, 0.3) is 0 Å². The number of rotatable bonds is 4. The van der Waals surface area contributed by atoms with Crippen LogP contribution in [0.1, 0.15) is 41.6 Å². The van der Waals surface area contributed by atoms with Crippen molar-refractivity contribution >= 4 is 17.8 Å². The third-order valence-corrected chi connectivity index (χ3v) is 4.79. The second kappa shape index (κ2) is 7.03. The topological polar surface area (TPSA) is 77.9 Å². The van der Waals surface area contributed by atoms with Crippen LogP contribution in [-0.2, 0) is 16.0 Å². The van der Waals surface area contributed by atoms with E-state index in [1.165, 1.54) is 0 Å². The first-order valence-corrected chi connectivity index (χ1v) is 8.44. The van der Waals surface area contributed by atoms with E-state index in [9.17, 15) is 14.4 Å². The van der Waals surface area contributed by atoms with Gasteiger partial charge in [-0.2, -0.15) is 0 Å². The summed E-state index contributed by atoms with van der Waals surface area (Å²) in [5, 5.41) is 8.80. The Morgan fingerprint density at radius 1 is 1.12 bits per heavy atom. The number of nitrogens with zero attached hydrogens (tertiary/aromatic N) is 2. The van der Waals surface area contributed by atoms with E-state index in [2.05, 4.69) is 0 Å². The summed E-state index contributed by atoms with van der Waals surface area (Å²) in [5.74, 6) is -0.733. The zero-order valence-corrected chi connectivity index (χ0v) is 13.6. The lowest BCUT2D eigenvalue weighted by Crippen LogP contribution is -2.50. The Balaban J connectivity index is 1.65. The molecule has 0 saturated carbocycles. The van der Waals surface area contributed by atoms with Gasteiger partial charge in [0.05, 0.1) is 6.42 Å². The molecule has 2 heterocycles. The van der Waals surface area contributed by atoms with Crippen LogP contribution in [0.5, 0.6) is 0 Å². The molecule has 24 heavy (non-hydrogen) atoms. The molecular formula is C18H22N2O4. The van der Waals surface area contributed by atoms with E-state index in [0.717, 1.165) is 25.8 Å². The molecule has 0 aliphatic carbocycles. The van der Waals surface area contributed by atoms with E-state index in [1.54, 1.807) is 24.3 Å². The summed E-state index contributed by atoms with van der Waals surface area (Å²) in [6.07, 6.45) is 3.34. The molecule has 2 fully saturated rings. The number of hydrogen-bond donors (Lipinski definition) is 1. The zero-order valence-electron chi connectivity index (χ0n) is 13.6. The van der Waals surface area contributed by atoms with Crippen LogP contribution in [0.4, 0.5) is 0 Å². The third kappa shape index (κ3) is 3.58. The van der Waals surface area contributed by atoms with Crippen molar-refractivity contribution in [3.05, 3.63) is 35.4 Å². The predicted molar refractivity (Wildman–Crippen MR) is 87.7 cm³/mol. The Morgan fingerprint density at radius 2 is 1.88 bits per heavy atom. The molecule has 1 aromatic rings. The quantitative estimate of drug-likeness (QED) is 0.908. The molecule has 0 spiro atoms. The fourth-order valence-corrected chi connectivity index (χ4v) is 3.57. The first kappa shape index (κ1) is 16.5. The van der Waals surface area contributed by atoms with Crippen LogP contribution in [0, 0.1) is 0 Å². The van der Waals surface area contributed by atoms with E-state index >= 15 is 0 Å². The molecule has 1 atom stereocenters. The van der Waals surface area contributed by atoms with E-state index in [4.69, 9.17) is 5.11 Å². The van der Waals surface area contributed by atoms with Gasteiger partial charge < -0.3 is 14.9 Å². The van der Waals surface area contributed by atoms with Crippen molar-refractivity contribution in [2.24, 2.45) is 0 Å². The van der Waals surface area contributed by atoms with E-state index < -0.39 is 5.97 Å². The zero-order chi connectivity index (χ0) is 17.1. The fraction of sp³-hybridized carbons (Fsp3) is 0.500. The van der Waals surface area contributed by atoms with Crippen LogP contribution in [0.2, 0.25) is 0 Å². The maximum atomic E-state index is 12.7.